The fourth-order valence-electron chi connectivity index (χ4n) is 2.04. The van der Waals surface area contributed by atoms with E-state index in [1.807, 2.05) is 6.92 Å². The van der Waals surface area contributed by atoms with Crippen molar-refractivity contribution in [3.63, 3.8) is 0 Å². The molecule has 2 rings (SSSR count). The molecule has 21 heavy (non-hydrogen) atoms. The number of amides is 1. The number of benzene rings is 1. The molecule has 0 radical (unpaired) electrons. The second-order valence-corrected chi connectivity index (χ2v) is 5.07. The molecular weight excluding hydrogens is 276 g/mol. The van der Waals surface area contributed by atoms with Gasteiger partial charge in [0, 0.05) is 6.04 Å². The lowest BCUT2D eigenvalue weighted by Crippen LogP contribution is -2.37. The zero-order valence-corrected chi connectivity index (χ0v) is 12.0. The number of rotatable bonds is 7. The smallest absolute Gasteiger partial charge is 0.314 e. The molecule has 7 heteroatoms. The molecule has 0 saturated heterocycles. The first-order chi connectivity index (χ1) is 10.0. The number of ether oxygens (including phenoxy) is 2. The van der Waals surface area contributed by atoms with E-state index in [1.165, 1.54) is 19.2 Å². The maximum Gasteiger partial charge on any atom is 0.314 e. The molecule has 0 bridgehead atoms. The maximum absolute atomic E-state index is 11.7. The first-order valence-electron chi connectivity index (χ1n) is 6.76. The lowest BCUT2D eigenvalue weighted by molar-refractivity contribution is -0.385. The minimum Gasteiger partial charge on any atom is -0.496 e. The molecule has 1 aromatic rings. The molecule has 114 valence electrons. The monoisotopic (exact) mass is 294 g/mol. The Morgan fingerprint density at radius 1 is 1.52 bits per heavy atom. The maximum atomic E-state index is 11.7. The standard InChI is InChI=1S/C14H18N2O5/c1-9(10-3-4-10)15-14(17)8-21-13-6-5-11(20-2)7-12(13)16(18)19/h5-7,9-10H,3-4,8H2,1-2H3,(H,15,17)/t9-/m1/s1. The van der Waals surface area contributed by atoms with Crippen LogP contribution in [0.2, 0.25) is 0 Å². The van der Waals surface area contributed by atoms with Crippen molar-refractivity contribution in [1.82, 2.24) is 5.32 Å². The predicted molar refractivity (Wildman–Crippen MR) is 75.5 cm³/mol. The van der Waals surface area contributed by atoms with Crippen molar-refractivity contribution in [2.45, 2.75) is 25.8 Å². The van der Waals surface area contributed by atoms with Gasteiger partial charge in [0.25, 0.3) is 5.91 Å². The number of methoxy groups -OCH3 is 1. The second kappa shape index (κ2) is 6.43. The third kappa shape index (κ3) is 4.08. The van der Waals surface area contributed by atoms with Crippen LogP contribution in [0, 0.1) is 16.0 Å². The predicted octanol–water partition coefficient (Wildman–Crippen LogP) is 1.90. The highest BCUT2D eigenvalue weighted by Gasteiger charge is 2.29. The molecule has 1 saturated carbocycles. The van der Waals surface area contributed by atoms with E-state index in [0.717, 1.165) is 12.8 Å². The van der Waals surface area contributed by atoms with Gasteiger partial charge in [-0.1, -0.05) is 0 Å². The minimum atomic E-state index is -0.567. The second-order valence-electron chi connectivity index (χ2n) is 5.07. The summed E-state index contributed by atoms with van der Waals surface area (Å²) < 4.78 is 10.2. The Balaban J connectivity index is 1.95. The van der Waals surface area contributed by atoms with Crippen LogP contribution in [0.1, 0.15) is 19.8 Å². The van der Waals surface area contributed by atoms with Gasteiger partial charge in [-0.3, -0.25) is 14.9 Å². The SMILES string of the molecule is COc1ccc(OCC(=O)N[C@H](C)C2CC2)c([N+](=O)[O-])c1. The average Bonchev–Trinajstić information content (AvgIpc) is 3.29. The molecule has 1 aromatic carbocycles. The van der Waals surface area contributed by atoms with Gasteiger partial charge in [0.2, 0.25) is 0 Å². The zero-order valence-electron chi connectivity index (χ0n) is 12.0. The molecule has 7 nitrogen and oxygen atoms in total. The molecule has 1 aliphatic rings. The van der Waals surface area contributed by atoms with E-state index in [0.29, 0.717) is 11.7 Å². The van der Waals surface area contributed by atoms with Crippen LogP contribution in [0.5, 0.6) is 11.5 Å². The molecule has 1 fully saturated rings. The van der Waals surface area contributed by atoms with Crippen LogP contribution < -0.4 is 14.8 Å². The summed E-state index contributed by atoms with van der Waals surface area (Å²) in [6.45, 7) is 1.70. The quantitative estimate of drug-likeness (QED) is 0.612. The van der Waals surface area contributed by atoms with Crippen molar-refractivity contribution >= 4 is 11.6 Å². The summed E-state index contributed by atoms with van der Waals surface area (Å²) in [4.78, 5) is 22.1. The van der Waals surface area contributed by atoms with Gasteiger partial charge in [0.1, 0.15) is 5.75 Å². The van der Waals surface area contributed by atoms with E-state index in [9.17, 15) is 14.9 Å². The van der Waals surface area contributed by atoms with Gasteiger partial charge in [-0.25, -0.2) is 0 Å². The van der Waals surface area contributed by atoms with E-state index >= 15 is 0 Å². The zero-order chi connectivity index (χ0) is 15.4. The van der Waals surface area contributed by atoms with Crippen molar-refractivity contribution in [1.29, 1.82) is 0 Å². The Kier molecular flexibility index (Phi) is 4.62. The van der Waals surface area contributed by atoms with Gasteiger partial charge >= 0.3 is 5.69 Å². The molecule has 0 heterocycles. The average molecular weight is 294 g/mol. The van der Waals surface area contributed by atoms with Crippen LogP contribution in [0.4, 0.5) is 5.69 Å². The molecule has 0 spiro atoms. The number of carbonyl (C=O) groups is 1. The third-order valence-corrected chi connectivity index (χ3v) is 3.44. The molecular formula is C14H18N2O5. The minimum absolute atomic E-state index is 0.0509. The highest BCUT2D eigenvalue weighted by molar-refractivity contribution is 5.78. The number of nitrogens with one attached hydrogen (secondary N) is 1. The van der Waals surface area contributed by atoms with Crippen LogP contribution >= 0.6 is 0 Å². The largest absolute Gasteiger partial charge is 0.496 e. The number of hydrogen-bond donors (Lipinski definition) is 1. The van der Waals surface area contributed by atoms with Gasteiger partial charge in [0.05, 0.1) is 18.1 Å². The lowest BCUT2D eigenvalue weighted by Gasteiger charge is -2.13. The van der Waals surface area contributed by atoms with Crippen molar-refractivity contribution in [3.05, 3.63) is 28.3 Å². The van der Waals surface area contributed by atoms with Crippen LogP contribution in [0.25, 0.3) is 0 Å². The third-order valence-electron chi connectivity index (χ3n) is 3.44. The van der Waals surface area contributed by atoms with Gasteiger partial charge in [-0.2, -0.15) is 0 Å². The van der Waals surface area contributed by atoms with E-state index < -0.39 is 4.92 Å². The Hall–Kier alpha value is -2.31. The highest BCUT2D eigenvalue weighted by Crippen LogP contribution is 2.32. The molecule has 0 aromatic heterocycles. The molecule has 0 unspecified atom stereocenters. The van der Waals surface area contributed by atoms with Gasteiger partial charge in [-0.05, 0) is 37.8 Å². The number of nitro groups is 1. The molecule has 1 atom stereocenters. The summed E-state index contributed by atoms with van der Waals surface area (Å²) in [5.74, 6) is 0.680. The number of hydrogen-bond acceptors (Lipinski definition) is 5. The summed E-state index contributed by atoms with van der Waals surface area (Å²) in [7, 11) is 1.42. The first-order valence-corrected chi connectivity index (χ1v) is 6.76. The van der Waals surface area contributed by atoms with Gasteiger partial charge < -0.3 is 14.8 Å². The Morgan fingerprint density at radius 2 is 2.24 bits per heavy atom. The molecule has 1 aliphatic carbocycles. The van der Waals surface area contributed by atoms with E-state index in [4.69, 9.17) is 9.47 Å². The highest BCUT2D eigenvalue weighted by atomic mass is 16.6. The number of nitrogens with zero attached hydrogens (tertiary/aromatic N) is 1. The normalized spacial score (nSPS) is 15.1. The summed E-state index contributed by atoms with van der Waals surface area (Å²) in [5, 5.41) is 13.8. The van der Waals surface area contributed by atoms with E-state index in [2.05, 4.69) is 5.32 Å². The number of carbonyl (C=O) groups excluding carboxylic acids is 1. The van der Waals surface area contributed by atoms with Crippen LogP contribution in [0.3, 0.4) is 0 Å². The Labute approximate surface area is 122 Å². The topological polar surface area (TPSA) is 90.7 Å². The Morgan fingerprint density at radius 3 is 2.81 bits per heavy atom. The Bertz CT molecular complexity index is 542. The van der Waals surface area contributed by atoms with Crippen LogP contribution in [0.15, 0.2) is 18.2 Å². The summed E-state index contributed by atoms with van der Waals surface area (Å²) >= 11 is 0. The van der Waals surface area contributed by atoms with Crippen molar-refractivity contribution < 1.29 is 19.2 Å². The summed E-state index contributed by atoms with van der Waals surface area (Å²) in [6, 6.07) is 4.36. The van der Waals surface area contributed by atoms with Gasteiger partial charge in [0.15, 0.2) is 12.4 Å². The first kappa shape index (κ1) is 15.1. The van der Waals surface area contributed by atoms with E-state index in [-0.39, 0.29) is 30.0 Å². The molecule has 1 N–H and O–H groups in total. The van der Waals surface area contributed by atoms with Crippen molar-refractivity contribution in [3.8, 4) is 11.5 Å². The van der Waals surface area contributed by atoms with Crippen molar-refractivity contribution in [2.75, 3.05) is 13.7 Å². The van der Waals surface area contributed by atoms with E-state index in [1.54, 1.807) is 6.07 Å². The van der Waals surface area contributed by atoms with Crippen LogP contribution in [-0.4, -0.2) is 30.6 Å². The summed E-state index contributed by atoms with van der Waals surface area (Å²) in [6.07, 6.45) is 2.26. The van der Waals surface area contributed by atoms with Gasteiger partial charge in [-0.15, -0.1) is 0 Å². The molecule has 0 aliphatic heterocycles. The molecule has 1 amide bonds. The summed E-state index contributed by atoms with van der Waals surface area (Å²) in [5.41, 5.74) is -0.225. The van der Waals surface area contributed by atoms with Crippen molar-refractivity contribution in [2.24, 2.45) is 5.92 Å². The fraction of sp³-hybridized carbons (Fsp3) is 0.500. The number of nitro benzene ring substituents is 1. The fourth-order valence-corrected chi connectivity index (χ4v) is 2.04. The lowest BCUT2D eigenvalue weighted by atomic mass is 10.2. The van der Waals surface area contributed by atoms with Crippen LogP contribution in [-0.2, 0) is 4.79 Å².